The number of rotatable bonds is 5. The van der Waals surface area contributed by atoms with Crippen LogP contribution < -0.4 is 5.32 Å². The molecule has 1 aliphatic heterocycles. The van der Waals surface area contributed by atoms with Crippen molar-refractivity contribution < 1.29 is 0 Å². The van der Waals surface area contributed by atoms with E-state index in [0.717, 1.165) is 17.5 Å². The number of thiophene rings is 1. The third kappa shape index (κ3) is 3.34. The molecule has 1 aromatic rings. The minimum atomic E-state index is 0.132. The highest BCUT2D eigenvalue weighted by Crippen LogP contribution is 2.31. The van der Waals surface area contributed by atoms with Crippen molar-refractivity contribution in [3.8, 4) is 0 Å². The number of hydrogen-bond donors (Lipinski definition) is 1. The van der Waals surface area contributed by atoms with Crippen LogP contribution in [0.4, 0.5) is 0 Å². The monoisotopic (exact) mass is 296 g/mol. The molecule has 1 fully saturated rings. The van der Waals surface area contributed by atoms with Crippen LogP contribution in [-0.2, 0) is 5.41 Å². The Kier molecular flexibility index (Phi) is 4.62. The zero-order valence-corrected chi connectivity index (χ0v) is 14.0. The first-order valence-corrected chi connectivity index (χ1v) is 8.87. The topological polar surface area (TPSA) is 24.4 Å². The molecule has 0 unspecified atom stereocenters. The SMILES string of the molecule is CCC1(CC)CSC(=NCC(C)(C)c2cccs2)N1. The second-order valence-corrected chi connectivity index (χ2v) is 7.80. The lowest BCUT2D eigenvalue weighted by Gasteiger charge is -2.25. The summed E-state index contributed by atoms with van der Waals surface area (Å²) >= 11 is 3.70. The van der Waals surface area contributed by atoms with Gasteiger partial charge in [-0.3, -0.25) is 4.99 Å². The maximum Gasteiger partial charge on any atom is 0.157 e. The quantitative estimate of drug-likeness (QED) is 0.877. The van der Waals surface area contributed by atoms with Crippen molar-refractivity contribution in [2.45, 2.75) is 51.5 Å². The molecule has 0 aliphatic carbocycles. The fraction of sp³-hybridized carbons (Fsp3) is 0.667. The van der Waals surface area contributed by atoms with E-state index in [9.17, 15) is 0 Å². The van der Waals surface area contributed by atoms with E-state index in [1.54, 1.807) is 0 Å². The Balaban J connectivity index is 2.01. The molecule has 2 rings (SSSR count). The number of nitrogens with zero attached hydrogens (tertiary/aromatic N) is 1. The van der Waals surface area contributed by atoms with Crippen molar-refractivity contribution in [2.75, 3.05) is 12.3 Å². The van der Waals surface area contributed by atoms with Gasteiger partial charge in [-0.25, -0.2) is 0 Å². The second kappa shape index (κ2) is 5.88. The van der Waals surface area contributed by atoms with Crippen LogP contribution >= 0.6 is 23.1 Å². The Hall–Kier alpha value is -0.480. The lowest BCUT2D eigenvalue weighted by Crippen LogP contribution is -2.42. The van der Waals surface area contributed by atoms with Crippen LogP contribution in [-0.4, -0.2) is 23.0 Å². The molecule has 0 bridgehead atoms. The predicted molar refractivity (Wildman–Crippen MR) is 88.6 cm³/mol. The van der Waals surface area contributed by atoms with E-state index in [1.165, 1.54) is 17.7 Å². The van der Waals surface area contributed by atoms with Gasteiger partial charge in [0.1, 0.15) is 0 Å². The molecule has 2 nitrogen and oxygen atoms in total. The summed E-state index contributed by atoms with van der Waals surface area (Å²) in [7, 11) is 0. The van der Waals surface area contributed by atoms with Crippen molar-refractivity contribution in [1.82, 2.24) is 5.32 Å². The molecule has 1 aliphatic rings. The molecule has 106 valence electrons. The fourth-order valence-corrected chi connectivity index (χ4v) is 4.42. The second-order valence-electron chi connectivity index (χ2n) is 5.88. The Morgan fingerprint density at radius 3 is 2.63 bits per heavy atom. The van der Waals surface area contributed by atoms with Crippen molar-refractivity contribution in [1.29, 1.82) is 0 Å². The minimum absolute atomic E-state index is 0.132. The summed E-state index contributed by atoms with van der Waals surface area (Å²) in [6.07, 6.45) is 2.34. The highest BCUT2D eigenvalue weighted by atomic mass is 32.2. The molecular formula is C15H24N2S2. The fourth-order valence-electron chi connectivity index (χ4n) is 2.23. The van der Waals surface area contributed by atoms with Gasteiger partial charge < -0.3 is 5.32 Å². The van der Waals surface area contributed by atoms with Gasteiger partial charge in [0, 0.05) is 21.6 Å². The Bertz CT molecular complexity index is 431. The number of amidine groups is 1. The van der Waals surface area contributed by atoms with Gasteiger partial charge in [0.25, 0.3) is 0 Å². The van der Waals surface area contributed by atoms with E-state index in [-0.39, 0.29) is 11.0 Å². The number of nitrogens with one attached hydrogen (secondary N) is 1. The zero-order chi connectivity index (χ0) is 13.9. The van der Waals surface area contributed by atoms with Gasteiger partial charge in [0.2, 0.25) is 0 Å². The maximum absolute atomic E-state index is 4.82. The minimum Gasteiger partial charge on any atom is -0.359 e. The van der Waals surface area contributed by atoms with Crippen molar-refractivity contribution in [2.24, 2.45) is 4.99 Å². The summed E-state index contributed by atoms with van der Waals surface area (Å²) in [4.78, 5) is 6.23. The summed E-state index contributed by atoms with van der Waals surface area (Å²) in [5, 5.41) is 6.92. The first-order chi connectivity index (χ1) is 9.01. The molecule has 0 atom stereocenters. The first kappa shape index (κ1) is 14.9. The molecule has 1 saturated heterocycles. The third-order valence-electron chi connectivity index (χ3n) is 4.02. The van der Waals surface area contributed by atoms with Gasteiger partial charge in [-0.05, 0) is 24.3 Å². The molecule has 0 saturated carbocycles. The molecule has 0 amide bonds. The van der Waals surface area contributed by atoms with Crippen LogP contribution in [0.1, 0.15) is 45.4 Å². The average molecular weight is 297 g/mol. The van der Waals surface area contributed by atoms with Crippen LogP contribution in [0.5, 0.6) is 0 Å². The molecule has 1 aromatic heterocycles. The predicted octanol–water partition coefficient (Wildman–Crippen LogP) is 4.28. The average Bonchev–Trinajstić information content (AvgIpc) is 3.07. The Labute approximate surface area is 125 Å². The van der Waals surface area contributed by atoms with Crippen molar-refractivity contribution in [3.63, 3.8) is 0 Å². The molecule has 0 radical (unpaired) electrons. The Morgan fingerprint density at radius 1 is 1.37 bits per heavy atom. The van der Waals surface area contributed by atoms with Crippen LogP contribution in [0.2, 0.25) is 0 Å². The van der Waals surface area contributed by atoms with E-state index >= 15 is 0 Å². The van der Waals surface area contributed by atoms with Crippen LogP contribution in [0.25, 0.3) is 0 Å². The van der Waals surface area contributed by atoms with Crippen molar-refractivity contribution >= 4 is 28.3 Å². The molecule has 4 heteroatoms. The molecular weight excluding hydrogens is 272 g/mol. The van der Waals surface area contributed by atoms with Gasteiger partial charge in [0.15, 0.2) is 5.17 Å². The van der Waals surface area contributed by atoms with Gasteiger partial charge in [-0.2, -0.15) is 0 Å². The van der Waals surface area contributed by atoms with Crippen LogP contribution in [0, 0.1) is 0 Å². The smallest absolute Gasteiger partial charge is 0.157 e. The third-order valence-corrected chi connectivity index (χ3v) is 6.45. The van der Waals surface area contributed by atoms with E-state index in [2.05, 4.69) is 50.5 Å². The van der Waals surface area contributed by atoms with E-state index in [4.69, 9.17) is 4.99 Å². The number of aliphatic imine (C=N–C) groups is 1. The van der Waals surface area contributed by atoms with E-state index in [0.29, 0.717) is 0 Å². The molecule has 0 spiro atoms. The Morgan fingerprint density at radius 2 is 2.11 bits per heavy atom. The summed E-state index contributed by atoms with van der Waals surface area (Å²) in [5.74, 6) is 1.15. The normalized spacial score (nSPS) is 20.7. The highest BCUT2D eigenvalue weighted by Gasteiger charge is 2.34. The first-order valence-electron chi connectivity index (χ1n) is 7.01. The molecule has 19 heavy (non-hydrogen) atoms. The standard InChI is InChI=1S/C15H24N2S2/c1-5-15(6-2)11-19-13(17-15)16-10-14(3,4)12-8-7-9-18-12/h7-9H,5-6,10-11H2,1-4H3,(H,16,17). The van der Waals surface area contributed by atoms with Crippen LogP contribution in [0.15, 0.2) is 22.5 Å². The maximum atomic E-state index is 4.82. The molecule has 1 N–H and O–H groups in total. The van der Waals surface area contributed by atoms with Gasteiger partial charge in [-0.15, -0.1) is 11.3 Å². The summed E-state index contributed by atoms with van der Waals surface area (Å²) in [6.45, 7) is 9.92. The van der Waals surface area contributed by atoms with E-state index < -0.39 is 0 Å². The van der Waals surface area contributed by atoms with Gasteiger partial charge >= 0.3 is 0 Å². The largest absolute Gasteiger partial charge is 0.359 e. The zero-order valence-electron chi connectivity index (χ0n) is 12.3. The molecule has 0 aromatic carbocycles. The highest BCUT2D eigenvalue weighted by molar-refractivity contribution is 8.14. The molecule has 2 heterocycles. The summed E-state index contributed by atoms with van der Waals surface area (Å²) in [5.41, 5.74) is 0.406. The number of thioether (sulfide) groups is 1. The van der Waals surface area contributed by atoms with Gasteiger partial charge in [-0.1, -0.05) is 45.5 Å². The van der Waals surface area contributed by atoms with Gasteiger partial charge in [0.05, 0.1) is 6.54 Å². The lowest BCUT2D eigenvalue weighted by atomic mass is 9.92. The summed E-state index contributed by atoms with van der Waals surface area (Å²) in [6, 6.07) is 4.33. The van der Waals surface area contributed by atoms with Crippen molar-refractivity contribution in [3.05, 3.63) is 22.4 Å². The van der Waals surface area contributed by atoms with E-state index in [1.807, 2.05) is 23.1 Å². The number of hydrogen-bond acceptors (Lipinski definition) is 3. The van der Waals surface area contributed by atoms with Crippen LogP contribution in [0.3, 0.4) is 0 Å². The lowest BCUT2D eigenvalue weighted by molar-refractivity contribution is 0.407. The summed E-state index contributed by atoms with van der Waals surface area (Å²) < 4.78 is 0.